The van der Waals surface area contributed by atoms with Gasteiger partial charge in [-0.05, 0) is 38.0 Å². The predicted molar refractivity (Wildman–Crippen MR) is 52.0 cm³/mol. The topological polar surface area (TPSA) is 20.2 Å². The maximum atomic E-state index is 8.83. The van der Waals surface area contributed by atoms with Gasteiger partial charge in [0, 0.05) is 6.61 Å². The molecule has 0 heterocycles. The first-order valence-electron chi connectivity index (χ1n) is 4.88. The molecule has 70 valence electrons. The Labute approximate surface area is 75.5 Å². The van der Waals surface area contributed by atoms with Crippen molar-refractivity contribution in [3.8, 4) is 0 Å². The van der Waals surface area contributed by atoms with Gasteiger partial charge < -0.3 is 5.11 Å². The van der Waals surface area contributed by atoms with E-state index in [0.29, 0.717) is 12.0 Å². The summed E-state index contributed by atoms with van der Waals surface area (Å²) in [6.07, 6.45) is 4.74. The van der Waals surface area contributed by atoms with Crippen LogP contribution in [0.5, 0.6) is 0 Å². The van der Waals surface area contributed by atoms with Gasteiger partial charge in [0.1, 0.15) is 0 Å². The van der Waals surface area contributed by atoms with Gasteiger partial charge in [-0.2, -0.15) is 0 Å². The molecule has 0 aromatic heterocycles. The number of aliphatic hydroxyl groups is 1. The second-order valence-corrected chi connectivity index (χ2v) is 4.47. The minimum atomic E-state index is 0.297. The van der Waals surface area contributed by atoms with Crippen molar-refractivity contribution in [2.24, 2.45) is 5.41 Å². The molecule has 0 aromatic rings. The van der Waals surface area contributed by atoms with E-state index in [0.717, 1.165) is 6.42 Å². The fraction of sp³-hybridized carbons (Fsp3) is 0.818. The second-order valence-electron chi connectivity index (χ2n) is 4.47. The van der Waals surface area contributed by atoms with Crippen LogP contribution in [0, 0.1) is 5.41 Å². The standard InChI is InChI=1S/C11H20O/c1-9(6-8-12)10-5-4-7-11(10,2)3/h12H,4-8H2,1-3H3/b10-9+. The van der Waals surface area contributed by atoms with E-state index in [4.69, 9.17) is 5.11 Å². The molecule has 0 spiro atoms. The summed E-state index contributed by atoms with van der Waals surface area (Å²) >= 11 is 0. The number of hydrogen-bond acceptors (Lipinski definition) is 1. The Kier molecular flexibility index (Phi) is 2.94. The molecule has 1 saturated carbocycles. The van der Waals surface area contributed by atoms with Gasteiger partial charge >= 0.3 is 0 Å². The summed E-state index contributed by atoms with van der Waals surface area (Å²) in [4.78, 5) is 0. The van der Waals surface area contributed by atoms with Gasteiger partial charge in [-0.1, -0.05) is 25.0 Å². The molecule has 1 fully saturated rings. The van der Waals surface area contributed by atoms with E-state index in [1.165, 1.54) is 24.8 Å². The average Bonchev–Trinajstić information content (AvgIpc) is 2.30. The molecule has 0 aromatic carbocycles. The Balaban J connectivity index is 2.78. The molecular formula is C11H20O. The highest BCUT2D eigenvalue weighted by atomic mass is 16.2. The summed E-state index contributed by atoms with van der Waals surface area (Å²) in [5.74, 6) is 0. The van der Waals surface area contributed by atoms with Gasteiger partial charge in [-0.3, -0.25) is 0 Å². The number of hydrogen-bond donors (Lipinski definition) is 1. The van der Waals surface area contributed by atoms with E-state index < -0.39 is 0 Å². The van der Waals surface area contributed by atoms with Crippen molar-refractivity contribution < 1.29 is 5.11 Å². The number of allylic oxidation sites excluding steroid dienone is 1. The summed E-state index contributed by atoms with van der Waals surface area (Å²) in [6, 6.07) is 0. The van der Waals surface area contributed by atoms with Gasteiger partial charge in [-0.25, -0.2) is 0 Å². The summed E-state index contributed by atoms with van der Waals surface area (Å²) < 4.78 is 0. The molecule has 1 N–H and O–H groups in total. The highest BCUT2D eigenvalue weighted by Crippen LogP contribution is 2.44. The van der Waals surface area contributed by atoms with Crippen LogP contribution in [0.4, 0.5) is 0 Å². The normalized spacial score (nSPS) is 26.0. The third-order valence-corrected chi connectivity index (χ3v) is 3.05. The lowest BCUT2D eigenvalue weighted by Gasteiger charge is -2.22. The van der Waals surface area contributed by atoms with E-state index in [1.54, 1.807) is 5.57 Å². The molecular weight excluding hydrogens is 148 g/mol. The monoisotopic (exact) mass is 168 g/mol. The van der Waals surface area contributed by atoms with Crippen molar-refractivity contribution in [3.05, 3.63) is 11.1 Å². The van der Waals surface area contributed by atoms with Crippen LogP contribution in [0.1, 0.15) is 46.5 Å². The van der Waals surface area contributed by atoms with Crippen LogP contribution in [-0.4, -0.2) is 11.7 Å². The molecule has 1 nitrogen and oxygen atoms in total. The highest BCUT2D eigenvalue weighted by molar-refractivity contribution is 5.22. The van der Waals surface area contributed by atoms with Crippen molar-refractivity contribution in [2.45, 2.75) is 46.5 Å². The first-order valence-corrected chi connectivity index (χ1v) is 4.88. The fourth-order valence-electron chi connectivity index (χ4n) is 2.31. The van der Waals surface area contributed by atoms with E-state index in [-0.39, 0.29) is 0 Å². The summed E-state index contributed by atoms with van der Waals surface area (Å²) in [5.41, 5.74) is 3.41. The smallest absolute Gasteiger partial charge is 0.0468 e. The lowest BCUT2D eigenvalue weighted by atomic mass is 9.84. The third-order valence-electron chi connectivity index (χ3n) is 3.05. The zero-order valence-corrected chi connectivity index (χ0v) is 8.48. The lowest BCUT2D eigenvalue weighted by Crippen LogP contribution is -2.09. The third kappa shape index (κ3) is 1.89. The van der Waals surface area contributed by atoms with Crippen LogP contribution in [0.25, 0.3) is 0 Å². The Bertz CT molecular complexity index is 189. The molecule has 0 saturated heterocycles. The van der Waals surface area contributed by atoms with Crippen molar-refractivity contribution >= 4 is 0 Å². The van der Waals surface area contributed by atoms with Crippen LogP contribution < -0.4 is 0 Å². The summed E-state index contributed by atoms with van der Waals surface area (Å²) in [5, 5.41) is 8.83. The van der Waals surface area contributed by atoms with Crippen LogP contribution in [0.15, 0.2) is 11.1 Å². The molecule has 1 rings (SSSR count). The van der Waals surface area contributed by atoms with E-state index >= 15 is 0 Å². The molecule has 12 heavy (non-hydrogen) atoms. The Morgan fingerprint density at radius 1 is 1.50 bits per heavy atom. The predicted octanol–water partition coefficient (Wildman–Crippen LogP) is 2.90. The Hall–Kier alpha value is -0.300. The van der Waals surface area contributed by atoms with Crippen molar-refractivity contribution in [2.75, 3.05) is 6.61 Å². The van der Waals surface area contributed by atoms with E-state index in [1.807, 2.05) is 0 Å². The molecule has 0 bridgehead atoms. The molecule has 1 aliphatic carbocycles. The molecule has 0 atom stereocenters. The molecule has 1 aliphatic rings. The van der Waals surface area contributed by atoms with Gasteiger partial charge in [0.15, 0.2) is 0 Å². The highest BCUT2D eigenvalue weighted by Gasteiger charge is 2.29. The maximum Gasteiger partial charge on any atom is 0.0468 e. The van der Waals surface area contributed by atoms with Crippen molar-refractivity contribution in [1.29, 1.82) is 0 Å². The van der Waals surface area contributed by atoms with Gasteiger partial charge in [-0.15, -0.1) is 0 Å². The first kappa shape index (κ1) is 9.79. The van der Waals surface area contributed by atoms with Crippen LogP contribution in [0.2, 0.25) is 0 Å². The van der Waals surface area contributed by atoms with Gasteiger partial charge in [0.05, 0.1) is 0 Å². The maximum absolute atomic E-state index is 8.83. The molecule has 0 amide bonds. The minimum Gasteiger partial charge on any atom is -0.396 e. The number of rotatable bonds is 2. The zero-order valence-electron chi connectivity index (χ0n) is 8.48. The van der Waals surface area contributed by atoms with Gasteiger partial charge in [0.25, 0.3) is 0 Å². The quantitative estimate of drug-likeness (QED) is 0.629. The zero-order chi connectivity index (χ0) is 9.19. The van der Waals surface area contributed by atoms with Crippen LogP contribution >= 0.6 is 0 Å². The van der Waals surface area contributed by atoms with Crippen LogP contribution in [-0.2, 0) is 0 Å². The SMILES string of the molecule is C/C(CCO)=C1/CCCC1(C)C. The summed E-state index contributed by atoms with van der Waals surface area (Å²) in [6.45, 7) is 7.09. The summed E-state index contributed by atoms with van der Waals surface area (Å²) in [7, 11) is 0. The van der Waals surface area contributed by atoms with E-state index in [2.05, 4.69) is 20.8 Å². The van der Waals surface area contributed by atoms with Gasteiger partial charge in [0.2, 0.25) is 0 Å². The fourth-order valence-corrected chi connectivity index (χ4v) is 2.31. The first-order chi connectivity index (χ1) is 5.58. The van der Waals surface area contributed by atoms with Crippen molar-refractivity contribution in [1.82, 2.24) is 0 Å². The Morgan fingerprint density at radius 3 is 2.58 bits per heavy atom. The van der Waals surface area contributed by atoms with Crippen LogP contribution in [0.3, 0.4) is 0 Å². The minimum absolute atomic E-state index is 0.297. The molecule has 1 heteroatoms. The largest absolute Gasteiger partial charge is 0.396 e. The van der Waals surface area contributed by atoms with E-state index in [9.17, 15) is 0 Å². The van der Waals surface area contributed by atoms with Crippen molar-refractivity contribution in [3.63, 3.8) is 0 Å². The molecule has 0 aliphatic heterocycles. The second kappa shape index (κ2) is 3.61. The molecule has 0 unspecified atom stereocenters. The Morgan fingerprint density at radius 2 is 2.17 bits per heavy atom. The lowest BCUT2D eigenvalue weighted by molar-refractivity contribution is 0.297. The molecule has 0 radical (unpaired) electrons. The number of aliphatic hydroxyl groups excluding tert-OH is 1. The average molecular weight is 168 g/mol.